The van der Waals surface area contributed by atoms with Gasteiger partial charge in [0.05, 0.1) is 16.9 Å². The fourth-order valence-corrected chi connectivity index (χ4v) is 3.87. The number of fused-ring (bicyclic) bond motifs is 3. The molecule has 2 aromatic rings. The molecule has 2 aromatic carbocycles. The van der Waals surface area contributed by atoms with Gasteiger partial charge in [-0.15, -0.1) is 0 Å². The highest BCUT2D eigenvalue weighted by Gasteiger charge is 2.36. The first-order chi connectivity index (χ1) is 14.8. The first-order valence-electron chi connectivity index (χ1n) is 10.2. The van der Waals surface area contributed by atoms with E-state index >= 15 is 0 Å². The van der Waals surface area contributed by atoms with Gasteiger partial charge >= 0.3 is 5.97 Å². The molecule has 2 atom stereocenters. The Hall–Kier alpha value is -3.68. The van der Waals surface area contributed by atoms with Crippen LogP contribution in [0, 0.1) is 0 Å². The lowest BCUT2D eigenvalue weighted by Crippen LogP contribution is -2.43. The van der Waals surface area contributed by atoms with Crippen LogP contribution in [0.4, 0.5) is 17.1 Å². The van der Waals surface area contributed by atoms with Crippen LogP contribution < -0.4 is 15.5 Å². The molecule has 2 aliphatic heterocycles. The summed E-state index contributed by atoms with van der Waals surface area (Å²) in [6.07, 6.45) is 0.735. The van der Waals surface area contributed by atoms with Crippen LogP contribution >= 0.6 is 0 Å². The molecule has 2 amide bonds. The highest BCUT2D eigenvalue weighted by Crippen LogP contribution is 2.37. The maximum absolute atomic E-state index is 12.6. The van der Waals surface area contributed by atoms with Gasteiger partial charge in [-0.25, -0.2) is 4.79 Å². The van der Waals surface area contributed by atoms with Gasteiger partial charge in [-0.1, -0.05) is 0 Å². The van der Waals surface area contributed by atoms with Crippen LogP contribution in [0.5, 0.6) is 0 Å². The number of hydrogen-bond acceptors (Lipinski definition) is 6. The van der Waals surface area contributed by atoms with Crippen molar-refractivity contribution in [3.63, 3.8) is 0 Å². The van der Waals surface area contributed by atoms with Gasteiger partial charge in [0.15, 0.2) is 11.9 Å². The first kappa shape index (κ1) is 20.6. The van der Waals surface area contributed by atoms with E-state index in [-0.39, 0.29) is 23.3 Å². The molecule has 2 N–H and O–H groups in total. The van der Waals surface area contributed by atoms with E-state index in [1.54, 1.807) is 42.5 Å². The van der Waals surface area contributed by atoms with Crippen LogP contribution in [-0.2, 0) is 14.3 Å². The quantitative estimate of drug-likeness (QED) is 0.568. The van der Waals surface area contributed by atoms with Gasteiger partial charge in [-0.3, -0.25) is 14.4 Å². The second-order valence-corrected chi connectivity index (χ2v) is 7.74. The molecule has 0 saturated carbocycles. The molecule has 0 aliphatic carbocycles. The lowest BCUT2D eigenvalue weighted by Gasteiger charge is -2.33. The highest BCUT2D eigenvalue weighted by atomic mass is 16.5. The topological polar surface area (TPSA) is 105 Å². The Balaban J connectivity index is 1.41. The van der Waals surface area contributed by atoms with Crippen molar-refractivity contribution in [1.29, 1.82) is 0 Å². The SMILES string of the molecule is CC(=O)c1ccc(NC(=O)[C@@H](C)OC(=O)c2ccc3c(c2)NC(=O)[C@H]2CCCN32)cc1. The van der Waals surface area contributed by atoms with Crippen LogP contribution in [0.3, 0.4) is 0 Å². The normalized spacial score (nSPS) is 17.8. The molecule has 0 bridgehead atoms. The third kappa shape index (κ3) is 4.14. The van der Waals surface area contributed by atoms with E-state index in [2.05, 4.69) is 15.5 Å². The molecule has 160 valence electrons. The molecule has 8 heteroatoms. The number of hydrogen-bond donors (Lipinski definition) is 2. The molecule has 0 unspecified atom stereocenters. The summed E-state index contributed by atoms with van der Waals surface area (Å²) in [6, 6.07) is 11.3. The minimum Gasteiger partial charge on any atom is -0.449 e. The molecular formula is C23H23N3O5. The Kier molecular flexibility index (Phi) is 5.46. The third-order valence-corrected chi connectivity index (χ3v) is 5.57. The van der Waals surface area contributed by atoms with E-state index in [1.165, 1.54) is 13.8 Å². The summed E-state index contributed by atoms with van der Waals surface area (Å²) in [5, 5.41) is 5.51. The monoisotopic (exact) mass is 421 g/mol. The average molecular weight is 421 g/mol. The first-order valence-corrected chi connectivity index (χ1v) is 10.2. The number of carbonyl (C=O) groups is 4. The maximum atomic E-state index is 12.6. The van der Waals surface area contributed by atoms with Crippen molar-refractivity contribution in [3.05, 3.63) is 53.6 Å². The van der Waals surface area contributed by atoms with Crippen LogP contribution in [0.25, 0.3) is 0 Å². The number of esters is 1. The van der Waals surface area contributed by atoms with E-state index in [0.717, 1.165) is 25.1 Å². The zero-order valence-corrected chi connectivity index (χ0v) is 17.3. The number of ether oxygens (including phenoxy) is 1. The number of nitrogens with zero attached hydrogens (tertiary/aromatic N) is 1. The number of benzene rings is 2. The highest BCUT2D eigenvalue weighted by molar-refractivity contribution is 6.06. The zero-order chi connectivity index (χ0) is 22.1. The zero-order valence-electron chi connectivity index (χ0n) is 17.3. The van der Waals surface area contributed by atoms with Crippen molar-refractivity contribution in [1.82, 2.24) is 0 Å². The summed E-state index contributed by atoms with van der Waals surface area (Å²) in [5.41, 5.74) is 2.74. The van der Waals surface area contributed by atoms with E-state index in [1.807, 2.05) is 0 Å². The summed E-state index contributed by atoms with van der Waals surface area (Å²) < 4.78 is 5.31. The predicted octanol–water partition coefficient (Wildman–Crippen LogP) is 2.99. The van der Waals surface area contributed by atoms with Crippen LogP contribution in [-0.4, -0.2) is 42.3 Å². The van der Waals surface area contributed by atoms with Crippen LogP contribution in [0.1, 0.15) is 47.4 Å². The van der Waals surface area contributed by atoms with Crippen molar-refractivity contribution in [2.45, 2.75) is 38.8 Å². The van der Waals surface area contributed by atoms with Crippen LogP contribution in [0.15, 0.2) is 42.5 Å². The van der Waals surface area contributed by atoms with Gasteiger partial charge in [0.2, 0.25) is 5.91 Å². The van der Waals surface area contributed by atoms with Crippen molar-refractivity contribution < 1.29 is 23.9 Å². The number of amides is 2. The lowest BCUT2D eigenvalue weighted by molar-refractivity contribution is -0.123. The average Bonchev–Trinajstić information content (AvgIpc) is 3.24. The molecule has 8 nitrogen and oxygen atoms in total. The summed E-state index contributed by atoms with van der Waals surface area (Å²) in [6.45, 7) is 3.75. The molecular weight excluding hydrogens is 398 g/mol. The van der Waals surface area contributed by atoms with E-state index in [4.69, 9.17) is 4.74 Å². The Morgan fingerprint density at radius 1 is 1.13 bits per heavy atom. The largest absolute Gasteiger partial charge is 0.449 e. The number of carbonyl (C=O) groups excluding carboxylic acids is 4. The summed E-state index contributed by atoms with van der Waals surface area (Å²) in [5.74, 6) is -1.29. The van der Waals surface area contributed by atoms with Gasteiger partial charge < -0.3 is 20.3 Å². The fraction of sp³-hybridized carbons (Fsp3) is 0.304. The molecule has 4 rings (SSSR count). The Morgan fingerprint density at radius 2 is 1.84 bits per heavy atom. The molecule has 2 heterocycles. The second kappa shape index (κ2) is 8.22. The predicted molar refractivity (Wildman–Crippen MR) is 115 cm³/mol. The fourth-order valence-electron chi connectivity index (χ4n) is 3.87. The third-order valence-electron chi connectivity index (χ3n) is 5.57. The van der Waals surface area contributed by atoms with Crippen molar-refractivity contribution in [2.24, 2.45) is 0 Å². The van der Waals surface area contributed by atoms with Gasteiger partial charge in [-0.2, -0.15) is 0 Å². The smallest absolute Gasteiger partial charge is 0.338 e. The Morgan fingerprint density at radius 3 is 2.55 bits per heavy atom. The molecule has 1 fully saturated rings. The standard InChI is InChI=1S/C23H23N3O5/c1-13(27)15-5-8-17(9-6-15)24-21(28)14(2)31-23(30)16-7-10-19-18(12-16)25-22(29)20-4-3-11-26(19)20/h5-10,12,14,20H,3-4,11H2,1-2H3,(H,24,28)(H,25,29)/t14-,20-/m1/s1. The maximum Gasteiger partial charge on any atom is 0.338 e. The minimum absolute atomic E-state index is 0.0679. The number of anilines is 3. The summed E-state index contributed by atoms with van der Waals surface area (Å²) in [7, 11) is 0. The molecule has 0 spiro atoms. The Bertz CT molecular complexity index is 1060. The minimum atomic E-state index is -1.03. The molecule has 31 heavy (non-hydrogen) atoms. The number of rotatable bonds is 5. The van der Waals surface area contributed by atoms with E-state index in [9.17, 15) is 19.2 Å². The molecule has 1 saturated heterocycles. The lowest BCUT2D eigenvalue weighted by atomic mass is 10.1. The Labute approximate surface area is 179 Å². The molecule has 0 aromatic heterocycles. The number of nitrogens with one attached hydrogen (secondary N) is 2. The summed E-state index contributed by atoms with van der Waals surface area (Å²) in [4.78, 5) is 50.6. The van der Waals surface area contributed by atoms with Crippen molar-refractivity contribution in [3.8, 4) is 0 Å². The molecule has 0 radical (unpaired) electrons. The number of ketones is 1. The van der Waals surface area contributed by atoms with Gasteiger partial charge in [0, 0.05) is 17.8 Å². The molecule has 2 aliphatic rings. The van der Waals surface area contributed by atoms with Gasteiger partial charge in [0.1, 0.15) is 6.04 Å². The van der Waals surface area contributed by atoms with Crippen LogP contribution in [0.2, 0.25) is 0 Å². The van der Waals surface area contributed by atoms with E-state index in [0.29, 0.717) is 16.9 Å². The van der Waals surface area contributed by atoms with E-state index < -0.39 is 18.0 Å². The number of Topliss-reactive ketones (excluding diaryl/α,β-unsaturated/α-hetero) is 1. The van der Waals surface area contributed by atoms with Gasteiger partial charge in [-0.05, 0) is 69.2 Å². The van der Waals surface area contributed by atoms with Gasteiger partial charge in [0.25, 0.3) is 5.91 Å². The second-order valence-electron chi connectivity index (χ2n) is 7.74. The summed E-state index contributed by atoms with van der Waals surface area (Å²) >= 11 is 0. The van der Waals surface area contributed by atoms with Crippen molar-refractivity contribution >= 4 is 40.6 Å². The van der Waals surface area contributed by atoms with Crippen molar-refractivity contribution in [2.75, 3.05) is 22.1 Å².